The van der Waals surface area contributed by atoms with E-state index in [1.54, 1.807) is 0 Å². The maximum atomic E-state index is 3.76. The first kappa shape index (κ1) is 15.5. The van der Waals surface area contributed by atoms with E-state index >= 15 is 0 Å². The van der Waals surface area contributed by atoms with E-state index in [1.165, 1.54) is 12.0 Å². The molecule has 1 aliphatic rings. The Morgan fingerprint density at radius 1 is 1.25 bits per heavy atom. The SMILES string of the molecule is CC(C)CC(C)N1CC(C)(c2ccccc2)NCC1C. The van der Waals surface area contributed by atoms with Crippen LogP contribution in [0.15, 0.2) is 30.3 Å². The monoisotopic (exact) mass is 274 g/mol. The zero-order chi connectivity index (χ0) is 14.8. The first-order valence-corrected chi connectivity index (χ1v) is 7.98. The summed E-state index contributed by atoms with van der Waals surface area (Å²) in [5.41, 5.74) is 1.47. The van der Waals surface area contributed by atoms with Crippen molar-refractivity contribution in [2.45, 2.75) is 58.7 Å². The summed E-state index contributed by atoms with van der Waals surface area (Å²) in [6.45, 7) is 13.9. The van der Waals surface area contributed by atoms with Gasteiger partial charge >= 0.3 is 0 Å². The van der Waals surface area contributed by atoms with E-state index < -0.39 is 0 Å². The van der Waals surface area contributed by atoms with E-state index in [4.69, 9.17) is 0 Å². The average Bonchev–Trinajstić information content (AvgIpc) is 2.42. The van der Waals surface area contributed by atoms with Gasteiger partial charge in [0.2, 0.25) is 0 Å². The summed E-state index contributed by atoms with van der Waals surface area (Å²) < 4.78 is 0. The third-order valence-electron chi connectivity index (χ3n) is 4.64. The van der Waals surface area contributed by atoms with E-state index in [0.29, 0.717) is 12.1 Å². The lowest BCUT2D eigenvalue weighted by molar-refractivity contribution is 0.0526. The fourth-order valence-corrected chi connectivity index (χ4v) is 3.47. The van der Waals surface area contributed by atoms with Gasteiger partial charge < -0.3 is 5.32 Å². The van der Waals surface area contributed by atoms with Gasteiger partial charge in [0.15, 0.2) is 0 Å². The van der Waals surface area contributed by atoms with Gasteiger partial charge in [0.05, 0.1) is 5.54 Å². The highest BCUT2D eigenvalue weighted by Gasteiger charge is 2.37. The minimum absolute atomic E-state index is 0.0685. The van der Waals surface area contributed by atoms with Crippen LogP contribution < -0.4 is 5.32 Å². The van der Waals surface area contributed by atoms with Crippen LogP contribution in [0.1, 0.15) is 46.6 Å². The summed E-state index contributed by atoms with van der Waals surface area (Å²) in [4.78, 5) is 2.68. The maximum Gasteiger partial charge on any atom is 0.0535 e. The summed E-state index contributed by atoms with van der Waals surface area (Å²) in [5.74, 6) is 0.759. The molecule has 20 heavy (non-hydrogen) atoms. The Bertz CT molecular complexity index is 415. The van der Waals surface area contributed by atoms with Gasteiger partial charge in [-0.05, 0) is 38.7 Å². The minimum atomic E-state index is 0.0685. The number of nitrogens with zero attached hydrogens (tertiary/aromatic N) is 1. The van der Waals surface area contributed by atoms with E-state index in [-0.39, 0.29) is 5.54 Å². The van der Waals surface area contributed by atoms with Crippen LogP contribution in [0.5, 0.6) is 0 Å². The number of nitrogens with one attached hydrogen (secondary N) is 1. The Hall–Kier alpha value is -0.860. The molecule has 2 rings (SSSR count). The molecule has 0 aromatic heterocycles. The molecule has 0 saturated carbocycles. The van der Waals surface area contributed by atoms with Crippen molar-refractivity contribution in [1.82, 2.24) is 10.2 Å². The Morgan fingerprint density at radius 3 is 2.50 bits per heavy atom. The summed E-state index contributed by atoms with van der Waals surface area (Å²) in [6, 6.07) is 12.1. The molecule has 3 unspecified atom stereocenters. The van der Waals surface area contributed by atoms with E-state index in [0.717, 1.165) is 19.0 Å². The van der Waals surface area contributed by atoms with Crippen LogP contribution in [0.2, 0.25) is 0 Å². The molecule has 1 aromatic rings. The lowest BCUT2D eigenvalue weighted by atomic mass is 9.87. The van der Waals surface area contributed by atoms with Crippen LogP contribution in [0.3, 0.4) is 0 Å². The largest absolute Gasteiger partial charge is 0.305 e. The normalized spacial score (nSPS) is 29.6. The first-order valence-electron chi connectivity index (χ1n) is 7.98. The van der Waals surface area contributed by atoms with Gasteiger partial charge in [0.1, 0.15) is 0 Å². The van der Waals surface area contributed by atoms with Gasteiger partial charge in [-0.2, -0.15) is 0 Å². The molecule has 2 heteroatoms. The molecule has 1 heterocycles. The predicted molar refractivity (Wildman–Crippen MR) is 86.9 cm³/mol. The van der Waals surface area contributed by atoms with Gasteiger partial charge in [0, 0.05) is 25.2 Å². The van der Waals surface area contributed by atoms with Gasteiger partial charge in [-0.25, -0.2) is 0 Å². The highest BCUT2D eigenvalue weighted by Crippen LogP contribution is 2.28. The Balaban J connectivity index is 2.15. The highest BCUT2D eigenvalue weighted by molar-refractivity contribution is 5.25. The van der Waals surface area contributed by atoms with Crippen molar-refractivity contribution in [1.29, 1.82) is 0 Å². The van der Waals surface area contributed by atoms with Crippen molar-refractivity contribution in [2.24, 2.45) is 5.92 Å². The molecule has 112 valence electrons. The van der Waals surface area contributed by atoms with Crippen LogP contribution >= 0.6 is 0 Å². The number of benzene rings is 1. The van der Waals surface area contributed by atoms with Crippen molar-refractivity contribution in [3.63, 3.8) is 0 Å². The molecule has 1 fully saturated rings. The second-order valence-electron chi connectivity index (χ2n) is 7.08. The zero-order valence-electron chi connectivity index (χ0n) is 13.7. The Labute approximate surface area is 124 Å². The third kappa shape index (κ3) is 3.42. The predicted octanol–water partition coefficient (Wildman–Crippen LogP) is 3.63. The summed E-state index contributed by atoms with van der Waals surface area (Å²) in [7, 11) is 0. The molecule has 1 N–H and O–H groups in total. The lowest BCUT2D eigenvalue weighted by Crippen LogP contribution is -2.62. The summed E-state index contributed by atoms with van der Waals surface area (Å²) >= 11 is 0. The molecule has 2 nitrogen and oxygen atoms in total. The standard InChI is InChI=1S/C18H30N2/c1-14(2)11-15(3)20-13-18(5,19-12-16(20)4)17-9-7-6-8-10-17/h6-10,14-16,19H,11-13H2,1-5H3. The smallest absolute Gasteiger partial charge is 0.0535 e. The van der Waals surface area contributed by atoms with Crippen LogP contribution in [0.25, 0.3) is 0 Å². The number of rotatable bonds is 4. The second-order valence-corrected chi connectivity index (χ2v) is 7.08. The summed E-state index contributed by atoms with van der Waals surface area (Å²) in [6.07, 6.45) is 1.27. The van der Waals surface area contributed by atoms with Gasteiger partial charge in [0.25, 0.3) is 0 Å². The molecule has 0 bridgehead atoms. The topological polar surface area (TPSA) is 15.3 Å². The molecular weight excluding hydrogens is 244 g/mol. The number of piperazine rings is 1. The van der Waals surface area contributed by atoms with Crippen LogP contribution in [-0.2, 0) is 5.54 Å². The van der Waals surface area contributed by atoms with Crippen molar-refractivity contribution < 1.29 is 0 Å². The van der Waals surface area contributed by atoms with E-state index in [1.807, 2.05) is 0 Å². The third-order valence-corrected chi connectivity index (χ3v) is 4.64. The van der Waals surface area contributed by atoms with Crippen LogP contribution in [-0.4, -0.2) is 30.1 Å². The van der Waals surface area contributed by atoms with Gasteiger partial charge in [-0.3, -0.25) is 4.90 Å². The molecular formula is C18H30N2. The highest BCUT2D eigenvalue weighted by atomic mass is 15.3. The Morgan fingerprint density at radius 2 is 1.90 bits per heavy atom. The minimum Gasteiger partial charge on any atom is -0.305 e. The molecule has 0 amide bonds. The average molecular weight is 274 g/mol. The zero-order valence-corrected chi connectivity index (χ0v) is 13.7. The van der Waals surface area contributed by atoms with E-state index in [2.05, 4.69) is 75.2 Å². The molecule has 1 aliphatic heterocycles. The quantitative estimate of drug-likeness (QED) is 0.902. The van der Waals surface area contributed by atoms with E-state index in [9.17, 15) is 0 Å². The summed E-state index contributed by atoms with van der Waals surface area (Å²) in [5, 5.41) is 3.76. The second kappa shape index (κ2) is 6.28. The van der Waals surface area contributed by atoms with Gasteiger partial charge in [-0.15, -0.1) is 0 Å². The molecule has 1 saturated heterocycles. The first-order chi connectivity index (χ1) is 9.42. The van der Waals surface area contributed by atoms with Gasteiger partial charge in [-0.1, -0.05) is 44.2 Å². The molecule has 3 atom stereocenters. The molecule has 0 radical (unpaired) electrons. The fourth-order valence-electron chi connectivity index (χ4n) is 3.47. The van der Waals surface area contributed by atoms with Crippen molar-refractivity contribution in [2.75, 3.05) is 13.1 Å². The molecule has 0 spiro atoms. The van der Waals surface area contributed by atoms with Crippen molar-refractivity contribution >= 4 is 0 Å². The lowest BCUT2D eigenvalue weighted by Gasteiger charge is -2.48. The molecule has 1 aromatic carbocycles. The number of hydrogen-bond donors (Lipinski definition) is 1. The maximum absolute atomic E-state index is 3.76. The van der Waals surface area contributed by atoms with Crippen molar-refractivity contribution in [3.8, 4) is 0 Å². The molecule has 0 aliphatic carbocycles. The van der Waals surface area contributed by atoms with Crippen LogP contribution in [0, 0.1) is 5.92 Å². The van der Waals surface area contributed by atoms with Crippen molar-refractivity contribution in [3.05, 3.63) is 35.9 Å². The number of hydrogen-bond acceptors (Lipinski definition) is 2. The Kier molecular flexibility index (Phi) is 4.87. The fraction of sp³-hybridized carbons (Fsp3) is 0.667. The van der Waals surface area contributed by atoms with Crippen LogP contribution in [0.4, 0.5) is 0 Å².